The normalized spacial score (nSPS) is 10.4. The number of rotatable bonds is 2. The Morgan fingerprint density at radius 1 is 1.12 bits per heavy atom. The average Bonchev–Trinajstić information content (AvgIpc) is 2.29. The van der Waals surface area contributed by atoms with E-state index in [0.717, 1.165) is 28.1 Å². The van der Waals surface area contributed by atoms with Gasteiger partial charge in [0.05, 0.1) is 0 Å². The van der Waals surface area contributed by atoms with Gasteiger partial charge in [0.25, 0.3) is 0 Å². The SMILES string of the molecule is CCc1cnc(Cl)cc1-c1ccccc1Cl. The van der Waals surface area contributed by atoms with Crippen molar-refractivity contribution in [3.63, 3.8) is 0 Å². The Kier molecular flexibility index (Phi) is 3.47. The zero-order valence-corrected chi connectivity index (χ0v) is 10.4. The summed E-state index contributed by atoms with van der Waals surface area (Å²) in [6.07, 6.45) is 2.71. The number of aryl methyl sites for hydroxylation is 1. The van der Waals surface area contributed by atoms with Gasteiger partial charge in [0.15, 0.2) is 0 Å². The van der Waals surface area contributed by atoms with Crippen molar-refractivity contribution in [2.24, 2.45) is 0 Å². The third kappa shape index (κ3) is 2.21. The van der Waals surface area contributed by atoms with Crippen LogP contribution < -0.4 is 0 Å². The van der Waals surface area contributed by atoms with Gasteiger partial charge < -0.3 is 0 Å². The molecule has 0 saturated carbocycles. The van der Waals surface area contributed by atoms with Crippen LogP contribution in [0.15, 0.2) is 36.5 Å². The molecule has 82 valence electrons. The molecule has 2 rings (SSSR count). The fourth-order valence-corrected chi connectivity index (χ4v) is 2.07. The molecule has 16 heavy (non-hydrogen) atoms. The topological polar surface area (TPSA) is 12.9 Å². The lowest BCUT2D eigenvalue weighted by atomic mass is 10.0. The van der Waals surface area contributed by atoms with Crippen molar-refractivity contribution in [2.45, 2.75) is 13.3 Å². The molecule has 0 fully saturated rings. The molecule has 3 heteroatoms. The van der Waals surface area contributed by atoms with E-state index in [1.165, 1.54) is 0 Å². The maximum atomic E-state index is 6.18. The summed E-state index contributed by atoms with van der Waals surface area (Å²) in [6, 6.07) is 9.62. The van der Waals surface area contributed by atoms with Crippen LogP contribution in [0.2, 0.25) is 10.2 Å². The van der Waals surface area contributed by atoms with E-state index in [1.54, 1.807) is 6.20 Å². The third-order valence-corrected chi connectivity index (χ3v) is 3.03. The van der Waals surface area contributed by atoms with Gasteiger partial charge in [0, 0.05) is 16.8 Å². The van der Waals surface area contributed by atoms with Gasteiger partial charge in [-0.25, -0.2) is 4.98 Å². The van der Waals surface area contributed by atoms with Crippen LogP contribution >= 0.6 is 23.2 Å². The number of hydrogen-bond donors (Lipinski definition) is 0. The van der Waals surface area contributed by atoms with Crippen molar-refractivity contribution in [2.75, 3.05) is 0 Å². The van der Waals surface area contributed by atoms with Crippen LogP contribution in [0.4, 0.5) is 0 Å². The molecule has 0 aliphatic carbocycles. The smallest absolute Gasteiger partial charge is 0.129 e. The summed E-state index contributed by atoms with van der Waals surface area (Å²) in [7, 11) is 0. The van der Waals surface area contributed by atoms with Crippen LogP contribution in [-0.2, 0) is 6.42 Å². The highest BCUT2D eigenvalue weighted by atomic mass is 35.5. The molecule has 1 heterocycles. The van der Waals surface area contributed by atoms with Gasteiger partial charge in [0.1, 0.15) is 5.15 Å². The molecular weight excluding hydrogens is 241 g/mol. The fraction of sp³-hybridized carbons (Fsp3) is 0.154. The molecule has 0 unspecified atom stereocenters. The second-order valence-corrected chi connectivity index (χ2v) is 4.29. The quantitative estimate of drug-likeness (QED) is 0.711. The van der Waals surface area contributed by atoms with Gasteiger partial charge in [-0.1, -0.05) is 48.3 Å². The van der Waals surface area contributed by atoms with Crippen LogP contribution in [0.1, 0.15) is 12.5 Å². The molecule has 0 spiro atoms. The second-order valence-electron chi connectivity index (χ2n) is 3.50. The molecule has 0 aliphatic heterocycles. The van der Waals surface area contributed by atoms with Gasteiger partial charge in [0.2, 0.25) is 0 Å². The molecule has 1 aromatic carbocycles. The van der Waals surface area contributed by atoms with Crippen molar-refractivity contribution >= 4 is 23.2 Å². The molecule has 0 atom stereocenters. The van der Waals surface area contributed by atoms with Crippen molar-refractivity contribution in [3.05, 3.63) is 52.3 Å². The van der Waals surface area contributed by atoms with Crippen LogP contribution in [0.5, 0.6) is 0 Å². The van der Waals surface area contributed by atoms with E-state index in [4.69, 9.17) is 23.2 Å². The summed E-state index contributed by atoms with van der Waals surface area (Å²) in [5, 5.41) is 1.23. The number of hydrogen-bond acceptors (Lipinski definition) is 1. The molecule has 2 aromatic rings. The minimum absolute atomic E-state index is 0.493. The second kappa shape index (κ2) is 4.86. The van der Waals surface area contributed by atoms with Gasteiger partial charge in [-0.15, -0.1) is 0 Å². The van der Waals surface area contributed by atoms with Crippen molar-refractivity contribution < 1.29 is 0 Å². The minimum Gasteiger partial charge on any atom is -0.244 e. The highest BCUT2D eigenvalue weighted by Crippen LogP contribution is 2.31. The molecule has 1 nitrogen and oxygen atoms in total. The predicted molar refractivity (Wildman–Crippen MR) is 69.1 cm³/mol. The minimum atomic E-state index is 0.493. The first-order valence-electron chi connectivity index (χ1n) is 5.11. The first-order chi connectivity index (χ1) is 7.72. The van der Waals surface area contributed by atoms with E-state index in [1.807, 2.05) is 30.3 Å². The first kappa shape index (κ1) is 11.4. The Balaban J connectivity index is 2.63. The summed E-state index contributed by atoms with van der Waals surface area (Å²) in [6.45, 7) is 2.09. The lowest BCUT2D eigenvalue weighted by molar-refractivity contribution is 1.11. The van der Waals surface area contributed by atoms with Gasteiger partial charge in [-0.2, -0.15) is 0 Å². The Morgan fingerprint density at radius 2 is 1.88 bits per heavy atom. The van der Waals surface area contributed by atoms with E-state index in [2.05, 4.69) is 11.9 Å². The third-order valence-electron chi connectivity index (χ3n) is 2.50. The Hall–Kier alpha value is -1.05. The van der Waals surface area contributed by atoms with E-state index in [0.29, 0.717) is 5.15 Å². The molecule has 0 N–H and O–H groups in total. The summed E-state index contributed by atoms with van der Waals surface area (Å²) < 4.78 is 0. The van der Waals surface area contributed by atoms with E-state index in [-0.39, 0.29) is 0 Å². The van der Waals surface area contributed by atoms with Crippen molar-refractivity contribution in [1.82, 2.24) is 4.98 Å². The molecule has 0 amide bonds. The fourth-order valence-electron chi connectivity index (χ4n) is 1.67. The Labute approximate surface area is 105 Å². The van der Waals surface area contributed by atoms with Crippen molar-refractivity contribution in [1.29, 1.82) is 0 Å². The maximum absolute atomic E-state index is 6.18. The summed E-state index contributed by atoms with van der Waals surface area (Å²) in [5.41, 5.74) is 3.22. The largest absolute Gasteiger partial charge is 0.244 e. The summed E-state index contributed by atoms with van der Waals surface area (Å²) in [4.78, 5) is 4.09. The first-order valence-corrected chi connectivity index (χ1v) is 5.87. The number of aromatic nitrogens is 1. The molecule has 0 radical (unpaired) electrons. The highest BCUT2D eigenvalue weighted by molar-refractivity contribution is 6.33. The van der Waals surface area contributed by atoms with Crippen LogP contribution in [-0.4, -0.2) is 4.98 Å². The molecule has 0 aliphatic rings. The lowest BCUT2D eigenvalue weighted by Gasteiger charge is -2.09. The number of halogens is 2. The predicted octanol–water partition coefficient (Wildman–Crippen LogP) is 4.62. The van der Waals surface area contributed by atoms with Crippen molar-refractivity contribution in [3.8, 4) is 11.1 Å². The number of pyridine rings is 1. The molecular formula is C13H11Cl2N. The maximum Gasteiger partial charge on any atom is 0.129 e. The highest BCUT2D eigenvalue weighted by Gasteiger charge is 2.08. The van der Waals surface area contributed by atoms with Gasteiger partial charge >= 0.3 is 0 Å². The van der Waals surface area contributed by atoms with Gasteiger partial charge in [-0.3, -0.25) is 0 Å². The standard InChI is InChI=1S/C13H11Cl2N/c1-2-9-8-16-13(15)7-11(9)10-5-3-4-6-12(10)14/h3-8H,2H2,1H3. The molecule has 0 saturated heterocycles. The Bertz CT molecular complexity index is 509. The van der Waals surface area contributed by atoms with Crippen LogP contribution in [0.3, 0.4) is 0 Å². The Morgan fingerprint density at radius 3 is 2.56 bits per heavy atom. The summed E-state index contributed by atoms with van der Waals surface area (Å²) >= 11 is 12.1. The zero-order chi connectivity index (χ0) is 11.5. The zero-order valence-electron chi connectivity index (χ0n) is 8.87. The number of nitrogens with zero attached hydrogens (tertiary/aromatic N) is 1. The average molecular weight is 252 g/mol. The molecule has 0 bridgehead atoms. The van der Waals surface area contributed by atoms with Crippen LogP contribution in [0, 0.1) is 0 Å². The molecule has 1 aromatic heterocycles. The summed E-state index contributed by atoms with van der Waals surface area (Å²) in [5.74, 6) is 0. The van der Waals surface area contributed by atoms with Crippen LogP contribution in [0.25, 0.3) is 11.1 Å². The number of benzene rings is 1. The van der Waals surface area contributed by atoms with E-state index >= 15 is 0 Å². The van der Waals surface area contributed by atoms with E-state index < -0.39 is 0 Å². The van der Waals surface area contributed by atoms with E-state index in [9.17, 15) is 0 Å². The monoisotopic (exact) mass is 251 g/mol. The van der Waals surface area contributed by atoms with Gasteiger partial charge in [-0.05, 0) is 29.7 Å². The lowest BCUT2D eigenvalue weighted by Crippen LogP contribution is -1.90.